The van der Waals surface area contributed by atoms with E-state index in [4.69, 9.17) is 0 Å². The Bertz CT molecular complexity index is 1760. The van der Waals surface area contributed by atoms with Gasteiger partial charge in [0.15, 0.2) is 5.71 Å². The number of benzene rings is 4. The predicted molar refractivity (Wildman–Crippen MR) is 155 cm³/mol. The van der Waals surface area contributed by atoms with Crippen LogP contribution in [-0.4, -0.2) is 27.8 Å². The lowest BCUT2D eigenvalue weighted by Gasteiger charge is -2.17. The second-order valence-electron chi connectivity index (χ2n) is 10.1. The van der Waals surface area contributed by atoms with Gasteiger partial charge in [0.25, 0.3) is 5.91 Å². The van der Waals surface area contributed by atoms with Crippen LogP contribution < -0.4 is 10.7 Å². The number of fused-ring (bicyclic) bond motifs is 1. The number of phenolic OH excluding ortho intramolecular Hbond substituents is 1. The summed E-state index contributed by atoms with van der Waals surface area (Å²) in [5, 5.41) is 26.9. The molecule has 4 aromatic rings. The molecule has 0 aliphatic carbocycles. The van der Waals surface area contributed by atoms with Crippen molar-refractivity contribution in [1.82, 2.24) is 0 Å². The maximum absolute atomic E-state index is 14.1. The number of alkyl halides is 3. The average molecular weight is 574 g/mol. The first-order valence-corrected chi connectivity index (χ1v) is 13.0. The highest BCUT2D eigenvalue weighted by molar-refractivity contribution is 6.54. The number of hydrogen-bond acceptors (Lipinski definition) is 5. The first-order valence-electron chi connectivity index (χ1n) is 13.0. The molecule has 214 valence electrons. The van der Waals surface area contributed by atoms with Crippen LogP contribution in [-0.2, 0) is 15.8 Å². The summed E-state index contributed by atoms with van der Waals surface area (Å²) in [4.78, 5) is 24.2. The normalized spacial score (nSPS) is 14.4. The Labute approximate surface area is 239 Å². The van der Waals surface area contributed by atoms with Crippen molar-refractivity contribution >= 4 is 29.0 Å². The number of rotatable bonds is 6. The van der Waals surface area contributed by atoms with Crippen molar-refractivity contribution in [3.8, 4) is 28.0 Å². The van der Waals surface area contributed by atoms with Crippen LogP contribution in [0.4, 0.5) is 24.5 Å². The molecule has 0 bridgehead atoms. The van der Waals surface area contributed by atoms with Gasteiger partial charge in [-0.3, -0.25) is 15.0 Å². The molecule has 4 N–H and O–H groups in total. The largest absolute Gasteiger partial charge is 0.505 e. The van der Waals surface area contributed by atoms with E-state index in [-0.39, 0.29) is 34.0 Å². The summed E-state index contributed by atoms with van der Waals surface area (Å²) in [6.45, 7) is 5.23. The van der Waals surface area contributed by atoms with Crippen molar-refractivity contribution in [3.05, 3.63) is 101 Å². The van der Waals surface area contributed by atoms with E-state index in [0.717, 1.165) is 17.2 Å². The lowest BCUT2D eigenvalue weighted by atomic mass is 9.92. The van der Waals surface area contributed by atoms with Crippen molar-refractivity contribution in [2.75, 3.05) is 10.7 Å². The van der Waals surface area contributed by atoms with Gasteiger partial charge in [-0.15, -0.1) is 0 Å². The molecule has 1 aliphatic rings. The van der Waals surface area contributed by atoms with Gasteiger partial charge in [-0.2, -0.15) is 18.3 Å². The molecule has 1 heterocycles. The fraction of sp³-hybridized carbons (Fsp3) is 0.156. The summed E-state index contributed by atoms with van der Waals surface area (Å²) in [6, 6.07) is 18.7. The molecule has 42 heavy (non-hydrogen) atoms. The smallest absolute Gasteiger partial charge is 0.417 e. The molecule has 4 aromatic carbocycles. The number of aryl methyl sites for hydroxylation is 2. The van der Waals surface area contributed by atoms with Crippen LogP contribution in [0.3, 0.4) is 0 Å². The summed E-state index contributed by atoms with van der Waals surface area (Å²) in [6.07, 6.45) is -4.66. The minimum atomic E-state index is -4.66. The maximum atomic E-state index is 14.1. The van der Waals surface area contributed by atoms with Crippen LogP contribution >= 0.6 is 0 Å². The molecule has 1 amide bonds. The Kier molecular flexibility index (Phi) is 7.24. The fourth-order valence-corrected chi connectivity index (χ4v) is 4.85. The SMILES string of the molecule is Cc1ccc(-c2c(C(F)(F)F)ccc3c2NC(=O)C3=NNc2cccc(-c3ccc(C(C)C(=O)O)cc3)c2O)cc1C. The summed E-state index contributed by atoms with van der Waals surface area (Å²) in [5.74, 6) is -2.52. The van der Waals surface area contributed by atoms with Gasteiger partial charge < -0.3 is 15.5 Å². The van der Waals surface area contributed by atoms with Crippen molar-refractivity contribution in [1.29, 1.82) is 0 Å². The number of aliphatic carboxylic acids is 1. The molecule has 0 saturated heterocycles. The van der Waals surface area contributed by atoms with E-state index in [1.807, 2.05) is 6.92 Å². The van der Waals surface area contributed by atoms with Crippen LogP contribution in [0.5, 0.6) is 5.75 Å². The number of phenols is 1. The van der Waals surface area contributed by atoms with Gasteiger partial charge in [0.2, 0.25) is 0 Å². The molecule has 10 heteroatoms. The summed E-state index contributed by atoms with van der Waals surface area (Å²) in [7, 11) is 0. The van der Waals surface area contributed by atoms with Gasteiger partial charge in [-0.1, -0.05) is 54.6 Å². The second-order valence-corrected chi connectivity index (χ2v) is 10.1. The highest BCUT2D eigenvalue weighted by Gasteiger charge is 2.39. The quantitative estimate of drug-likeness (QED) is 0.143. The number of hydrogen-bond donors (Lipinski definition) is 4. The van der Waals surface area contributed by atoms with E-state index in [1.54, 1.807) is 68.4 Å². The third kappa shape index (κ3) is 5.18. The number of carbonyl (C=O) groups excluding carboxylic acids is 1. The molecule has 7 nitrogen and oxygen atoms in total. The van der Waals surface area contributed by atoms with E-state index in [0.29, 0.717) is 22.3 Å². The van der Waals surface area contributed by atoms with Crippen LogP contribution in [0.25, 0.3) is 22.3 Å². The minimum Gasteiger partial charge on any atom is -0.505 e. The fourth-order valence-electron chi connectivity index (χ4n) is 4.85. The molecule has 0 fully saturated rings. The molecule has 0 spiro atoms. The van der Waals surface area contributed by atoms with Crippen molar-refractivity contribution in [3.63, 3.8) is 0 Å². The lowest BCUT2D eigenvalue weighted by Crippen LogP contribution is -2.16. The summed E-state index contributed by atoms with van der Waals surface area (Å²) >= 11 is 0. The highest BCUT2D eigenvalue weighted by atomic mass is 19.4. The topological polar surface area (TPSA) is 111 Å². The van der Waals surface area contributed by atoms with Crippen molar-refractivity contribution in [2.45, 2.75) is 32.9 Å². The average Bonchev–Trinajstić information content (AvgIpc) is 3.27. The van der Waals surface area contributed by atoms with Gasteiger partial charge >= 0.3 is 12.1 Å². The standard InChI is InChI=1S/C32H26F3N3O4/c1-16-7-8-21(15-17(16)2)26-24(32(33,34)35)14-13-23-27(26)36-30(40)28(23)38-37-25-6-4-5-22(29(25)39)20-11-9-19(10-12-20)18(3)31(41)42/h4-15,18,37,39H,1-3H3,(H,41,42)(H,36,38,40). The number of carboxylic acid groups (broad SMARTS) is 1. The van der Waals surface area contributed by atoms with E-state index < -0.39 is 29.5 Å². The Hall–Kier alpha value is -5.12. The van der Waals surface area contributed by atoms with Gasteiger partial charge in [-0.25, -0.2) is 0 Å². The number of nitrogens with one attached hydrogen (secondary N) is 2. The van der Waals surface area contributed by atoms with Gasteiger partial charge in [0.05, 0.1) is 22.9 Å². The van der Waals surface area contributed by atoms with E-state index in [9.17, 15) is 33.0 Å². The zero-order chi connectivity index (χ0) is 30.3. The highest BCUT2D eigenvalue weighted by Crippen LogP contribution is 2.45. The molecule has 1 unspecified atom stereocenters. The molecule has 1 aliphatic heterocycles. The monoisotopic (exact) mass is 573 g/mol. The third-order valence-corrected chi connectivity index (χ3v) is 7.43. The number of carbonyl (C=O) groups is 2. The molecular formula is C32H26F3N3O4. The maximum Gasteiger partial charge on any atom is 0.417 e. The molecule has 0 radical (unpaired) electrons. The number of aromatic hydroxyl groups is 1. The zero-order valence-electron chi connectivity index (χ0n) is 22.8. The number of hydrazone groups is 1. The van der Waals surface area contributed by atoms with Crippen LogP contribution in [0.15, 0.2) is 77.9 Å². The zero-order valence-corrected chi connectivity index (χ0v) is 22.8. The van der Waals surface area contributed by atoms with E-state index in [2.05, 4.69) is 15.8 Å². The van der Waals surface area contributed by atoms with Crippen LogP contribution in [0.2, 0.25) is 0 Å². The Morgan fingerprint density at radius 3 is 2.26 bits per heavy atom. The van der Waals surface area contributed by atoms with Gasteiger partial charge in [0.1, 0.15) is 5.75 Å². The van der Waals surface area contributed by atoms with Crippen molar-refractivity contribution in [2.24, 2.45) is 5.10 Å². The molecule has 5 rings (SSSR count). The van der Waals surface area contributed by atoms with Crippen molar-refractivity contribution < 1.29 is 33.0 Å². The first kappa shape index (κ1) is 28.4. The van der Waals surface area contributed by atoms with E-state index in [1.165, 1.54) is 12.1 Å². The van der Waals surface area contributed by atoms with Crippen LogP contribution in [0, 0.1) is 13.8 Å². The Balaban J connectivity index is 1.52. The number of anilines is 2. The number of nitrogens with zero attached hydrogens (tertiary/aromatic N) is 1. The van der Waals surface area contributed by atoms with E-state index >= 15 is 0 Å². The number of halogens is 3. The molecule has 1 atom stereocenters. The Morgan fingerprint density at radius 1 is 0.929 bits per heavy atom. The van der Waals surface area contributed by atoms with Crippen LogP contribution in [0.1, 0.15) is 40.7 Å². The number of amides is 1. The van der Waals surface area contributed by atoms with Gasteiger partial charge in [0, 0.05) is 16.7 Å². The lowest BCUT2D eigenvalue weighted by molar-refractivity contribution is -0.138. The summed E-state index contributed by atoms with van der Waals surface area (Å²) in [5.41, 5.74) is 5.55. The third-order valence-electron chi connectivity index (χ3n) is 7.43. The molecule has 0 aromatic heterocycles. The Morgan fingerprint density at radius 2 is 1.62 bits per heavy atom. The molecule has 0 saturated carbocycles. The number of para-hydroxylation sites is 1. The number of carboxylic acids is 1. The van der Waals surface area contributed by atoms with Gasteiger partial charge in [-0.05, 0) is 66.8 Å². The minimum absolute atomic E-state index is 0.00674. The first-order chi connectivity index (χ1) is 19.9. The second kappa shape index (κ2) is 10.7. The molecular weight excluding hydrogens is 547 g/mol. The summed E-state index contributed by atoms with van der Waals surface area (Å²) < 4.78 is 42.2. The predicted octanol–water partition coefficient (Wildman–Crippen LogP) is 7.32.